The van der Waals surface area contributed by atoms with Gasteiger partial charge in [0.15, 0.2) is 0 Å². The maximum Gasteiger partial charge on any atom is 0.353 e. The molecule has 1 atom stereocenters. The summed E-state index contributed by atoms with van der Waals surface area (Å²) in [4.78, 5) is 24.3. The summed E-state index contributed by atoms with van der Waals surface area (Å²) in [5.74, 6) is -2.37. The molecule has 1 N–H and O–H groups in total. The predicted molar refractivity (Wildman–Crippen MR) is 98.5 cm³/mol. The number of carbonyl (C=O) groups excluding carboxylic acids is 2. The Morgan fingerprint density at radius 1 is 1.08 bits per heavy atom. The van der Waals surface area contributed by atoms with Crippen molar-refractivity contribution in [2.24, 2.45) is 5.92 Å². The maximum absolute atomic E-state index is 13.0. The smallest absolute Gasteiger partial charge is 0.353 e. The molecule has 0 spiro atoms. The molecule has 1 amide bonds. The minimum absolute atomic E-state index is 0.0953. The molecule has 0 bridgehead atoms. The van der Waals surface area contributed by atoms with Crippen molar-refractivity contribution in [1.29, 1.82) is 0 Å². The van der Waals surface area contributed by atoms with Crippen LogP contribution in [0.5, 0.6) is 0 Å². The molecule has 0 aromatic heterocycles. The first-order chi connectivity index (χ1) is 12.3. The van der Waals surface area contributed by atoms with E-state index in [0.717, 1.165) is 5.56 Å². The third kappa shape index (κ3) is 7.28. The van der Waals surface area contributed by atoms with Crippen LogP contribution in [0.25, 0.3) is 0 Å². The second-order valence-corrected chi connectivity index (χ2v) is 8.12. The Balaban J connectivity index is 2.84. The summed E-state index contributed by atoms with van der Waals surface area (Å²) in [6, 6.07) is 9.21. The van der Waals surface area contributed by atoms with Gasteiger partial charge in [0.05, 0.1) is 19.6 Å². The molecule has 26 heavy (non-hydrogen) atoms. The first-order valence-electron chi connectivity index (χ1n) is 8.71. The van der Waals surface area contributed by atoms with E-state index in [1.54, 1.807) is 27.7 Å². The molecule has 0 unspecified atom stereocenters. The lowest BCUT2D eigenvalue weighted by atomic mass is 10.2. The standard InChI is InChI=1S/C18H28NO6P/c1-5-24-26(22,25-6-2)16(19-18(21)14(3)4)12-17(20)23-13-15-10-8-7-9-11-15/h7-11,14,16H,5-6,12-13H2,1-4H3,(H,19,21)/t16-/m1/s1. The van der Waals surface area contributed by atoms with Gasteiger partial charge >= 0.3 is 13.6 Å². The Morgan fingerprint density at radius 3 is 2.15 bits per heavy atom. The second kappa shape index (κ2) is 11.1. The van der Waals surface area contributed by atoms with Crippen LogP contribution in [0.15, 0.2) is 30.3 Å². The largest absolute Gasteiger partial charge is 0.461 e. The summed E-state index contributed by atoms with van der Waals surface area (Å²) in [7, 11) is -3.71. The molecule has 0 fully saturated rings. The highest BCUT2D eigenvalue weighted by Gasteiger charge is 2.39. The van der Waals surface area contributed by atoms with Crippen molar-refractivity contribution in [2.75, 3.05) is 13.2 Å². The number of nitrogens with one attached hydrogen (secondary N) is 1. The van der Waals surface area contributed by atoms with Crippen LogP contribution >= 0.6 is 7.60 Å². The zero-order valence-corrected chi connectivity index (χ0v) is 16.7. The van der Waals surface area contributed by atoms with E-state index in [-0.39, 0.29) is 38.1 Å². The van der Waals surface area contributed by atoms with E-state index in [0.29, 0.717) is 0 Å². The Hall–Kier alpha value is -1.69. The normalized spacial score (nSPS) is 12.7. The number of amides is 1. The summed E-state index contributed by atoms with van der Waals surface area (Å²) in [6.45, 7) is 7.09. The first kappa shape index (κ1) is 22.4. The van der Waals surface area contributed by atoms with Crippen LogP contribution in [0, 0.1) is 5.92 Å². The zero-order valence-electron chi connectivity index (χ0n) is 15.8. The molecular formula is C18H28NO6P. The molecule has 1 rings (SSSR count). The van der Waals surface area contributed by atoms with Crippen molar-refractivity contribution in [3.63, 3.8) is 0 Å². The summed E-state index contributed by atoms with van der Waals surface area (Å²) < 4.78 is 28.8. The molecule has 0 radical (unpaired) electrons. The van der Waals surface area contributed by atoms with Crippen molar-refractivity contribution >= 4 is 19.5 Å². The van der Waals surface area contributed by atoms with E-state index in [1.165, 1.54) is 0 Å². The van der Waals surface area contributed by atoms with Crippen molar-refractivity contribution in [3.8, 4) is 0 Å². The van der Waals surface area contributed by atoms with Gasteiger partial charge in [-0.05, 0) is 19.4 Å². The predicted octanol–water partition coefficient (Wildman–Crippen LogP) is 3.48. The van der Waals surface area contributed by atoms with Crippen LogP contribution < -0.4 is 5.32 Å². The lowest BCUT2D eigenvalue weighted by Crippen LogP contribution is -2.40. The number of ether oxygens (including phenoxy) is 1. The van der Waals surface area contributed by atoms with Gasteiger partial charge in [-0.3, -0.25) is 14.2 Å². The average Bonchev–Trinajstić information content (AvgIpc) is 2.60. The van der Waals surface area contributed by atoms with Crippen molar-refractivity contribution in [1.82, 2.24) is 5.32 Å². The first-order valence-corrected chi connectivity index (χ1v) is 10.3. The molecule has 0 aliphatic rings. The topological polar surface area (TPSA) is 90.9 Å². The molecule has 0 aliphatic carbocycles. The molecule has 1 aromatic carbocycles. The quantitative estimate of drug-likeness (QED) is 0.463. The fourth-order valence-corrected chi connectivity index (χ4v) is 3.92. The van der Waals surface area contributed by atoms with Crippen LogP contribution in [0.2, 0.25) is 0 Å². The van der Waals surface area contributed by atoms with Gasteiger partial charge in [0.1, 0.15) is 12.4 Å². The minimum Gasteiger partial charge on any atom is -0.461 e. The van der Waals surface area contributed by atoms with Gasteiger partial charge < -0.3 is 19.1 Å². The summed E-state index contributed by atoms with van der Waals surface area (Å²) in [5, 5.41) is 2.60. The van der Waals surface area contributed by atoms with Gasteiger partial charge in [-0.1, -0.05) is 44.2 Å². The van der Waals surface area contributed by atoms with Crippen molar-refractivity contribution in [3.05, 3.63) is 35.9 Å². The van der Waals surface area contributed by atoms with Gasteiger partial charge in [-0.15, -0.1) is 0 Å². The molecule has 0 heterocycles. The lowest BCUT2D eigenvalue weighted by Gasteiger charge is -2.27. The number of esters is 1. The minimum atomic E-state index is -3.71. The van der Waals surface area contributed by atoms with Crippen LogP contribution in [0.4, 0.5) is 0 Å². The highest BCUT2D eigenvalue weighted by molar-refractivity contribution is 7.54. The van der Waals surface area contributed by atoms with Crippen LogP contribution in [0.3, 0.4) is 0 Å². The molecule has 146 valence electrons. The third-order valence-corrected chi connectivity index (χ3v) is 5.75. The number of rotatable bonds is 11. The molecule has 0 aliphatic heterocycles. The van der Waals surface area contributed by atoms with E-state index in [9.17, 15) is 14.2 Å². The van der Waals surface area contributed by atoms with Crippen molar-refractivity contribution in [2.45, 2.75) is 46.5 Å². The Bertz CT molecular complexity index is 609. The Kier molecular flexibility index (Phi) is 9.55. The van der Waals surface area contributed by atoms with E-state index in [1.807, 2.05) is 30.3 Å². The highest BCUT2D eigenvalue weighted by atomic mass is 31.2. The van der Waals surface area contributed by atoms with E-state index in [2.05, 4.69) is 5.32 Å². The summed E-state index contributed by atoms with van der Waals surface area (Å²) in [6.07, 6.45) is -0.303. The number of hydrogen-bond acceptors (Lipinski definition) is 6. The summed E-state index contributed by atoms with van der Waals surface area (Å²) >= 11 is 0. The fourth-order valence-electron chi connectivity index (χ4n) is 2.10. The molecule has 0 saturated carbocycles. The SMILES string of the molecule is CCOP(=O)(OCC)[C@H](CC(=O)OCc1ccccc1)NC(=O)C(C)C. The van der Waals surface area contributed by atoms with Gasteiger partial charge in [0, 0.05) is 5.92 Å². The zero-order chi connectivity index (χ0) is 19.6. The molecule has 1 aromatic rings. The number of benzene rings is 1. The molecule has 8 heteroatoms. The fraction of sp³-hybridized carbons (Fsp3) is 0.556. The van der Waals surface area contributed by atoms with Crippen molar-refractivity contribution < 1.29 is 27.9 Å². The highest BCUT2D eigenvalue weighted by Crippen LogP contribution is 2.53. The van der Waals surface area contributed by atoms with E-state index in [4.69, 9.17) is 13.8 Å². The van der Waals surface area contributed by atoms with Gasteiger partial charge in [-0.2, -0.15) is 0 Å². The number of hydrogen-bond donors (Lipinski definition) is 1. The molecule has 0 saturated heterocycles. The van der Waals surface area contributed by atoms with Crippen LogP contribution in [0.1, 0.15) is 39.7 Å². The Morgan fingerprint density at radius 2 is 1.65 bits per heavy atom. The third-order valence-electron chi connectivity index (χ3n) is 3.44. The maximum atomic E-state index is 13.0. The number of carbonyl (C=O) groups is 2. The van der Waals surface area contributed by atoms with E-state index < -0.39 is 19.3 Å². The summed E-state index contributed by atoms with van der Waals surface area (Å²) in [5.41, 5.74) is 0.835. The molecular weight excluding hydrogens is 357 g/mol. The van der Waals surface area contributed by atoms with Gasteiger partial charge in [-0.25, -0.2) is 0 Å². The van der Waals surface area contributed by atoms with Gasteiger partial charge in [0.25, 0.3) is 0 Å². The van der Waals surface area contributed by atoms with Crippen LogP contribution in [-0.2, 0) is 34.5 Å². The van der Waals surface area contributed by atoms with E-state index >= 15 is 0 Å². The van der Waals surface area contributed by atoms with Crippen LogP contribution in [-0.4, -0.2) is 30.9 Å². The lowest BCUT2D eigenvalue weighted by molar-refractivity contribution is -0.145. The Labute approximate surface area is 154 Å². The molecule has 7 nitrogen and oxygen atoms in total. The van der Waals surface area contributed by atoms with Gasteiger partial charge in [0.2, 0.25) is 5.91 Å². The monoisotopic (exact) mass is 385 g/mol. The second-order valence-electron chi connectivity index (χ2n) is 5.90. The average molecular weight is 385 g/mol.